The molecule has 7 nitrogen and oxygen atoms in total. The third kappa shape index (κ3) is 4.88. The van der Waals surface area contributed by atoms with Gasteiger partial charge in [-0.25, -0.2) is 17.8 Å². The van der Waals surface area contributed by atoms with Gasteiger partial charge >= 0.3 is 0 Å². The van der Waals surface area contributed by atoms with E-state index in [1.807, 2.05) is 6.07 Å². The molecule has 1 saturated heterocycles. The van der Waals surface area contributed by atoms with E-state index in [0.717, 1.165) is 18.4 Å². The highest BCUT2D eigenvalue weighted by molar-refractivity contribution is 7.89. The quantitative estimate of drug-likeness (QED) is 0.351. The molecule has 1 fully saturated rings. The molecule has 1 aliphatic rings. The fourth-order valence-electron chi connectivity index (χ4n) is 4.22. The van der Waals surface area contributed by atoms with Gasteiger partial charge in [0.25, 0.3) is 5.91 Å². The molecule has 2 aromatic heterocycles. The predicted octanol–water partition coefficient (Wildman–Crippen LogP) is 5.10. The fourth-order valence-corrected chi connectivity index (χ4v) is 6.67. The maximum atomic E-state index is 14.3. The molecule has 0 unspecified atom stereocenters. The summed E-state index contributed by atoms with van der Waals surface area (Å²) in [7, 11) is -3.62. The van der Waals surface area contributed by atoms with E-state index in [-0.39, 0.29) is 22.9 Å². The Balaban J connectivity index is 1.45. The molecule has 0 spiro atoms. The zero-order valence-electron chi connectivity index (χ0n) is 19.7. The van der Waals surface area contributed by atoms with Crippen molar-refractivity contribution in [2.24, 2.45) is 5.92 Å². The number of anilines is 1. The Hall–Kier alpha value is -3.21. The SMILES string of the molecule is CC1CCN(S(=O)(=O)c2ccc(C(=O)N(Cc3cccnc3)c3nc4c(F)cccc4s3)cc2)CC1. The number of nitrogens with zero attached hydrogens (tertiary/aromatic N) is 4. The van der Waals surface area contributed by atoms with Crippen molar-refractivity contribution < 1.29 is 17.6 Å². The summed E-state index contributed by atoms with van der Waals surface area (Å²) in [6.07, 6.45) is 4.97. The van der Waals surface area contributed by atoms with Gasteiger partial charge < -0.3 is 0 Å². The van der Waals surface area contributed by atoms with Crippen LogP contribution in [0.2, 0.25) is 0 Å². The number of carbonyl (C=O) groups is 1. The minimum Gasteiger partial charge on any atom is -0.279 e. The molecule has 1 amide bonds. The molecule has 1 aliphatic heterocycles. The lowest BCUT2D eigenvalue weighted by Gasteiger charge is -2.29. The number of pyridine rings is 1. The number of aromatic nitrogens is 2. The Morgan fingerprint density at radius 1 is 1.11 bits per heavy atom. The van der Waals surface area contributed by atoms with Crippen molar-refractivity contribution in [2.75, 3.05) is 18.0 Å². The van der Waals surface area contributed by atoms with Gasteiger partial charge in [0, 0.05) is 31.0 Å². The third-order valence-corrected chi connectivity index (χ3v) is 9.34. The average Bonchev–Trinajstić information content (AvgIpc) is 3.33. The maximum Gasteiger partial charge on any atom is 0.260 e. The van der Waals surface area contributed by atoms with Crippen molar-refractivity contribution >= 4 is 42.6 Å². The van der Waals surface area contributed by atoms with Crippen LogP contribution in [0.5, 0.6) is 0 Å². The molecule has 10 heteroatoms. The molecule has 0 aliphatic carbocycles. The number of thiazole rings is 1. The number of fused-ring (bicyclic) bond motifs is 1. The molecule has 5 rings (SSSR count). The number of amides is 1. The van der Waals surface area contributed by atoms with Gasteiger partial charge in [-0.15, -0.1) is 0 Å². The first-order chi connectivity index (χ1) is 17.3. The van der Waals surface area contributed by atoms with E-state index in [1.54, 1.807) is 30.6 Å². The number of carbonyl (C=O) groups excluding carboxylic acids is 1. The van der Waals surface area contributed by atoms with Crippen molar-refractivity contribution in [2.45, 2.75) is 31.2 Å². The van der Waals surface area contributed by atoms with E-state index in [4.69, 9.17) is 0 Å². The van der Waals surface area contributed by atoms with Gasteiger partial charge in [0.1, 0.15) is 11.3 Å². The van der Waals surface area contributed by atoms with Crippen LogP contribution in [0.1, 0.15) is 35.7 Å². The number of hydrogen-bond acceptors (Lipinski definition) is 6. The number of sulfonamides is 1. The van der Waals surface area contributed by atoms with Crippen LogP contribution < -0.4 is 4.90 Å². The predicted molar refractivity (Wildman–Crippen MR) is 138 cm³/mol. The summed E-state index contributed by atoms with van der Waals surface area (Å²) in [6.45, 7) is 3.30. The number of para-hydroxylation sites is 1. The highest BCUT2D eigenvalue weighted by Crippen LogP contribution is 2.32. The van der Waals surface area contributed by atoms with Crippen LogP contribution >= 0.6 is 11.3 Å². The number of piperidine rings is 1. The average molecular weight is 525 g/mol. The minimum absolute atomic E-state index is 0.162. The van der Waals surface area contributed by atoms with Gasteiger partial charge in [0.05, 0.1) is 16.1 Å². The lowest BCUT2D eigenvalue weighted by Crippen LogP contribution is -2.37. The largest absolute Gasteiger partial charge is 0.279 e. The van der Waals surface area contributed by atoms with Gasteiger partial charge in [0.15, 0.2) is 5.13 Å². The van der Waals surface area contributed by atoms with Crippen LogP contribution in [0.25, 0.3) is 10.2 Å². The number of hydrogen-bond donors (Lipinski definition) is 0. The molecule has 0 saturated carbocycles. The smallest absolute Gasteiger partial charge is 0.260 e. The highest BCUT2D eigenvalue weighted by Gasteiger charge is 2.29. The Morgan fingerprint density at radius 2 is 1.86 bits per heavy atom. The topological polar surface area (TPSA) is 83.5 Å². The van der Waals surface area contributed by atoms with Gasteiger partial charge in [-0.05, 0) is 66.8 Å². The van der Waals surface area contributed by atoms with Gasteiger partial charge in [-0.3, -0.25) is 14.7 Å². The van der Waals surface area contributed by atoms with Crippen molar-refractivity contribution in [3.8, 4) is 0 Å². The summed E-state index contributed by atoms with van der Waals surface area (Å²) in [5.41, 5.74) is 1.30. The molecular formula is C26H25FN4O3S2. The Morgan fingerprint density at radius 3 is 2.53 bits per heavy atom. The summed E-state index contributed by atoms with van der Waals surface area (Å²) in [6, 6.07) is 14.3. The van der Waals surface area contributed by atoms with Crippen molar-refractivity contribution in [1.29, 1.82) is 0 Å². The monoisotopic (exact) mass is 524 g/mol. The lowest BCUT2D eigenvalue weighted by atomic mass is 10.0. The van der Waals surface area contributed by atoms with Crippen LogP contribution in [0, 0.1) is 11.7 Å². The summed E-state index contributed by atoms with van der Waals surface area (Å²) < 4.78 is 42.6. The molecule has 2 aromatic carbocycles. The van der Waals surface area contributed by atoms with Crippen LogP contribution in [0.3, 0.4) is 0 Å². The van der Waals surface area contributed by atoms with E-state index < -0.39 is 15.8 Å². The van der Waals surface area contributed by atoms with Gasteiger partial charge in [-0.2, -0.15) is 4.31 Å². The molecular weight excluding hydrogens is 499 g/mol. The Bertz CT molecular complexity index is 1480. The maximum absolute atomic E-state index is 14.3. The second-order valence-corrected chi connectivity index (χ2v) is 11.9. The van der Waals surface area contributed by atoms with Crippen molar-refractivity contribution in [1.82, 2.24) is 14.3 Å². The van der Waals surface area contributed by atoms with E-state index in [1.165, 1.54) is 50.9 Å². The molecule has 0 radical (unpaired) electrons. The van der Waals surface area contributed by atoms with E-state index in [0.29, 0.717) is 34.4 Å². The molecule has 186 valence electrons. The van der Waals surface area contributed by atoms with E-state index in [2.05, 4.69) is 16.9 Å². The fraction of sp³-hybridized carbons (Fsp3) is 0.269. The van der Waals surface area contributed by atoms with Crippen molar-refractivity contribution in [3.63, 3.8) is 0 Å². The van der Waals surface area contributed by atoms with Crippen LogP contribution in [-0.2, 0) is 16.6 Å². The lowest BCUT2D eigenvalue weighted by molar-refractivity contribution is 0.0985. The number of rotatable bonds is 6. The van der Waals surface area contributed by atoms with Crippen LogP contribution in [0.15, 0.2) is 71.9 Å². The standard InChI is InChI=1S/C26H25FN4O3S2/c1-18-11-14-30(15-12-18)36(33,34)21-9-7-20(8-10-21)25(32)31(17-19-4-3-13-28-16-19)26-29-24-22(27)5-2-6-23(24)35-26/h2-10,13,16,18H,11-12,14-15,17H2,1H3. The minimum atomic E-state index is -3.62. The first-order valence-corrected chi connectivity index (χ1v) is 13.9. The zero-order chi connectivity index (χ0) is 25.3. The molecule has 4 aromatic rings. The van der Waals surface area contributed by atoms with Gasteiger partial charge in [-0.1, -0.05) is 30.4 Å². The summed E-state index contributed by atoms with van der Waals surface area (Å²) in [5.74, 6) is -0.308. The summed E-state index contributed by atoms with van der Waals surface area (Å²) in [5, 5.41) is 0.350. The molecule has 36 heavy (non-hydrogen) atoms. The summed E-state index contributed by atoms with van der Waals surface area (Å²) >= 11 is 1.22. The first-order valence-electron chi connectivity index (χ1n) is 11.7. The number of halogens is 1. The molecule has 0 atom stereocenters. The van der Waals surface area contributed by atoms with E-state index in [9.17, 15) is 17.6 Å². The van der Waals surface area contributed by atoms with Gasteiger partial charge in [0.2, 0.25) is 10.0 Å². The highest BCUT2D eigenvalue weighted by atomic mass is 32.2. The second-order valence-electron chi connectivity index (χ2n) is 8.95. The normalized spacial score (nSPS) is 15.3. The second kappa shape index (κ2) is 10.0. The summed E-state index contributed by atoms with van der Waals surface area (Å²) in [4.78, 5) is 23.8. The molecule has 0 bridgehead atoms. The number of benzene rings is 2. The molecule has 0 N–H and O–H groups in total. The zero-order valence-corrected chi connectivity index (χ0v) is 21.3. The Kier molecular flexibility index (Phi) is 6.83. The van der Waals surface area contributed by atoms with E-state index >= 15 is 0 Å². The first kappa shape index (κ1) is 24.5. The molecule has 3 heterocycles. The Labute approximate surface area is 213 Å². The van der Waals surface area contributed by atoms with Crippen LogP contribution in [0.4, 0.5) is 9.52 Å². The third-order valence-electron chi connectivity index (χ3n) is 6.38. The van der Waals surface area contributed by atoms with Crippen LogP contribution in [-0.4, -0.2) is 41.7 Å². The van der Waals surface area contributed by atoms with Crippen molar-refractivity contribution in [3.05, 3.63) is 83.9 Å².